The number of thiophene rings is 1. The molecule has 6 nitrogen and oxygen atoms in total. The van der Waals surface area contributed by atoms with Gasteiger partial charge < -0.3 is 9.97 Å². The average molecular weight is 485 g/mol. The van der Waals surface area contributed by atoms with E-state index >= 15 is 0 Å². The van der Waals surface area contributed by atoms with Crippen LogP contribution in [0.25, 0.3) is 65.9 Å². The Morgan fingerprint density at radius 2 is 1.31 bits per heavy atom. The smallest absolute Gasteiger partial charge is 0.148 e. The Labute approximate surface area is 210 Å². The number of nitrogens with zero attached hydrogens (tertiary/aromatic N) is 4. The van der Waals surface area contributed by atoms with E-state index in [1.807, 2.05) is 24.4 Å². The van der Waals surface area contributed by atoms with Crippen molar-refractivity contribution >= 4 is 33.4 Å². The molecular weight excluding hydrogens is 464 g/mol. The second kappa shape index (κ2) is 8.25. The number of benzene rings is 2. The average Bonchev–Trinajstić information content (AvgIpc) is 3.66. The molecule has 0 bridgehead atoms. The summed E-state index contributed by atoms with van der Waals surface area (Å²) in [6.45, 7) is 2.09. The van der Waals surface area contributed by atoms with Crippen LogP contribution in [0.3, 0.4) is 0 Å². The quantitative estimate of drug-likeness (QED) is 0.275. The summed E-state index contributed by atoms with van der Waals surface area (Å²) < 4.78 is 0. The van der Waals surface area contributed by atoms with Crippen molar-refractivity contribution in [2.24, 2.45) is 0 Å². The molecule has 0 atom stereocenters. The molecule has 0 aliphatic rings. The zero-order chi connectivity index (χ0) is 24.1. The third-order valence-electron chi connectivity index (χ3n) is 6.33. The largest absolute Gasteiger partial charge is 0.338 e. The summed E-state index contributed by atoms with van der Waals surface area (Å²) >= 11 is 1.70. The first-order valence-electron chi connectivity index (χ1n) is 11.6. The third kappa shape index (κ3) is 3.57. The fourth-order valence-corrected chi connectivity index (χ4v) is 5.49. The first kappa shape index (κ1) is 20.7. The van der Waals surface area contributed by atoms with Crippen LogP contribution in [0, 0.1) is 6.92 Å². The van der Waals surface area contributed by atoms with Crippen molar-refractivity contribution in [1.82, 2.24) is 29.9 Å². The van der Waals surface area contributed by atoms with Crippen LogP contribution in [-0.4, -0.2) is 29.9 Å². The van der Waals surface area contributed by atoms with Crippen molar-refractivity contribution < 1.29 is 0 Å². The topological polar surface area (TPSA) is 83.1 Å². The molecule has 5 heterocycles. The van der Waals surface area contributed by atoms with E-state index in [1.54, 1.807) is 23.7 Å². The van der Waals surface area contributed by atoms with Crippen molar-refractivity contribution in [1.29, 1.82) is 0 Å². The van der Waals surface area contributed by atoms with E-state index in [4.69, 9.17) is 9.97 Å². The summed E-state index contributed by atoms with van der Waals surface area (Å²) in [6.07, 6.45) is 5.39. The molecule has 5 aromatic heterocycles. The highest BCUT2D eigenvalue weighted by Crippen LogP contribution is 2.35. The number of pyridine rings is 2. The van der Waals surface area contributed by atoms with Gasteiger partial charge in [-0.25, -0.2) is 9.97 Å². The maximum Gasteiger partial charge on any atom is 0.148 e. The van der Waals surface area contributed by atoms with E-state index in [0.29, 0.717) is 0 Å². The van der Waals surface area contributed by atoms with Gasteiger partial charge in [0.15, 0.2) is 0 Å². The zero-order valence-corrected chi connectivity index (χ0v) is 20.2. The molecule has 0 fully saturated rings. The number of imidazole rings is 2. The standard InChI is InChI=1S/C29H20N6S/c1-17-3-2-12-31-27(17)25-8-9-26(36-25)29-33-22-7-5-20(16-24(22)35-29)19-4-6-21-23(15-19)34-28(32-21)18-10-13-30-14-11-18/h2-16H,1H3,(H,32,34)(H,33,35). The maximum absolute atomic E-state index is 4.85. The van der Waals surface area contributed by atoms with Crippen LogP contribution >= 0.6 is 11.3 Å². The highest BCUT2D eigenvalue weighted by atomic mass is 32.1. The van der Waals surface area contributed by atoms with Crippen LogP contribution in [0.4, 0.5) is 0 Å². The number of hydrogen-bond donors (Lipinski definition) is 2. The second-order valence-corrected chi connectivity index (χ2v) is 9.79. The van der Waals surface area contributed by atoms with Gasteiger partial charge in [-0.15, -0.1) is 11.3 Å². The van der Waals surface area contributed by atoms with Crippen molar-refractivity contribution in [3.05, 3.63) is 97.0 Å². The lowest BCUT2D eigenvalue weighted by molar-refractivity contribution is 1.28. The van der Waals surface area contributed by atoms with Crippen molar-refractivity contribution in [2.75, 3.05) is 0 Å². The Kier molecular flexibility index (Phi) is 4.75. The number of aromatic nitrogens is 6. The van der Waals surface area contributed by atoms with Crippen LogP contribution in [0.15, 0.2) is 91.4 Å². The molecule has 2 N–H and O–H groups in total. The molecule has 0 radical (unpaired) electrons. The first-order chi connectivity index (χ1) is 17.7. The van der Waals surface area contributed by atoms with Gasteiger partial charge >= 0.3 is 0 Å². The third-order valence-corrected chi connectivity index (χ3v) is 7.43. The predicted octanol–water partition coefficient (Wildman–Crippen LogP) is 7.27. The molecule has 2 aromatic carbocycles. The van der Waals surface area contributed by atoms with Gasteiger partial charge in [0.25, 0.3) is 0 Å². The fourth-order valence-electron chi connectivity index (χ4n) is 4.48. The van der Waals surface area contributed by atoms with E-state index in [2.05, 4.69) is 81.5 Å². The molecule has 0 aliphatic heterocycles. The van der Waals surface area contributed by atoms with Gasteiger partial charge in [-0.1, -0.05) is 18.2 Å². The van der Waals surface area contributed by atoms with Crippen LogP contribution in [0.2, 0.25) is 0 Å². The van der Waals surface area contributed by atoms with E-state index in [-0.39, 0.29) is 0 Å². The predicted molar refractivity (Wildman–Crippen MR) is 146 cm³/mol. The van der Waals surface area contributed by atoms with Gasteiger partial charge in [0.2, 0.25) is 0 Å². The number of aryl methyl sites for hydroxylation is 1. The van der Waals surface area contributed by atoms with Gasteiger partial charge in [0, 0.05) is 24.2 Å². The van der Waals surface area contributed by atoms with Crippen LogP contribution in [0.5, 0.6) is 0 Å². The molecule has 172 valence electrons. The minimum absolute atomic E-state index is 0.842. The lowest BCUT2D eigenvalue weighted by Gasteiger charge is -2.01. The Balaban J connectivity index is 1.22. The Bertz CT molecular complexity index is 1860. The zero-order valence-electron chi connectivity index (χ0n) is 19.4. The van der Waals surface area contributed by atoms with Crippen molar-refractivity contribution in [2.45, 2.75) is 6.92 Å². The molecule has 7 heteroatoms. The molecule has 0 saturated carbocycles. The molecule has 0 saturated heterocycles. The van der Waals surface area contributed by atoms with E-state index in [1.165, 1.54) is 5.56 Å². The molecule has 0 aliphatic carbocycles. The highest BCUT2D eigenvalue weighted by Gasteiger charge is 2.13. The Morgan fingerprint density at radius 1 is 0.639 bits per heavy atom. The number of rotatable bonds is 4. The maximum atomic E-state index is 4.85. The normalized spacial score (nSPS) is 11.5. The molecule has 0 amide bonds. The number of aromatic amines is 2. The Morgan fingerprint density at radius 3 is 2.03 bits per heavy atom. The lowest BCUT2D eigenvalue weighted by atomic mass is 10.0. The molecule has 7 aromatic rings. The molecule has 0 unspecified atom stereocenters. The van der Waals surface area contributed by atoms with Crippen LogP contribution in [-0.2, 0) is 0 Å². The second-order valence-electron chi connectivity index (χ2n) is 8.70. The summed E-state index contributed by atoms with van der Waals surface area (Å²) in [7, 11) is 0. The summed E-state index contributed by atoms with van der Waals surface area (Å²) in [4.78, 5) is 27.4. The monoisotopic (exact) mass is 484 g/mol. The Hall–Kier alpha value is -4.62. The molecule has 0 spiro atoms. The summed E-state index contributed by atoms with van der Waals surface area (Å²) in [5, 5.41) is 0. The highest BCUT2D eigenvalue weighted by molar-refractivity contribution is 7.18. The number of H-pyrrole nitrogens is 2. The van der Waals surface area contributed by atoms with Crippen LogP contribution < -0.4 is 0 Å². The van der Waals surface area contributed by atoms with E-state index in [0.717, 1.165) is 65.9 Å². The minimum atomic E-state index is 0.842. The lowest BCUT2D eigenvalue weighted by Crippen LogP contribution is -1.83. The molecule has 7 rings (SSSR count). The summed E-state index contributed by atoms with van der Waals surface area (Å²) in [6, 6.07) is 24.9. The summed E-state index contributed by atoms with van der Waals surface area (Å²) in [5.74, 6) is 1.72. The van der Waals surface area contributed by atoms with Crippen molar-refractivity contribution in [3.8, 4) is 43.8 Å². The number of fused-ring (bicyclic) bond motifs is 2. The SMILES string of the molecule is Cc1cccnc1-c1ccc(-c2nc3ccc(-c4ccc5nc(-c6ccncc6)[nH]c5c4)cc3[nH]2)s1. The minimum Gasteiger partial charge on any atom is -0.338 e. The van der Waals surface area contributed by atoms with Gasteiger partial charge in [0.05, 0.1) is 37.5 Å². The number of nitrogens with one attached hydrogen (secondary N) is 2. The summed E-state index contributed by atoms with van der Waals surface area (Å²) in [5.41, 5.74) is 9.34. The van der Waals surface area contributed by atoms with E-state index in [9.17, 15) is 0 Å². The fraction of sp³-hybridized carbons (Fsp3) is 0.0345. The van der Waals surface area contributed by atoms with Gasteiger partial charge in [-0.3, -0.25) is 9.97 Å². The van der Waals surface area contributed by atoms with E-state index < -0.39 is 0 Å². The number of hydrogen-bond acceptors (Lipinski definition) is 5. The molecule has 36 heavy (non-hydrogen) atoms. The first-order valence-corrected chi connectivity index (χ1v) is 12.5. The van der Waals surface area contributed by atoms with Gasteiger partial charge in [-0.05, 0) is 78.2 Å². The van der Waals surface area contributed by atoms with Gasteiger partial charge in [-0.2, -0.15) is 0 Å². The van der Waals surface area contributed by atoms with Gasteiger partial charge in [0.1, 0.15) is 11.6 Å². The van der Waals surface area contributed by atoms with Crippen molar-refractivity contribution in [3.63, 3.8) is 0 Å². The molecular formula is C29H20N6S. The van der Waals surface area contributed by atoms with Crippen LogP contribution in [0.1, 0.15) is 5.56 Å².